The highest BCUT2D eigenvalue weighted by Crippen LogP contribution is 2.29. The number of amides is 2. The minimum Gasteiger partial charge on any atom is -0.338 e. The lowest BCUT2D eigenvalue weighted by atomic mass is 10.1. The Bertz CT molecular complexity index is 638. The van der Waals surface area contributed by atoms with E-state index in [9.17, 15) is 18.4 Å². The lowest BCUT2D eigenvalue weighted by Gasteiger charge is -2.26. The van der Waals surface area contributed by atoms with Gasteiger partial charge in [0.1, 0.15) is 5.92 Å². The van der Waals surface area contributed by atoms with Crippen molar-refractivity contribution in [2.75, 3.05) is 24.5 Å². The third kappa shape index (κ3) is 2.81. The van der Waals surface area contributed by atoms with Crippen molar-refractivity contribution < 1.29 is 18.4 Å². The normalized spacial score (nSPS) is 24.6. The van der Waals surface area contributed by atoms with Gasteiger partial charge in [-0.2, -0.15) is 0 Å². The zero-order chi connectivity index (χ0) is 16.6. The Morgan fingerprint density at radius 3 is 2.70 bits per heavy atom. The quantitative estimate of drug-likeness (QED) is 0.852. The molecule has 0 saturated carbocycles. The first kappa shape index (κ1) is 15.9. The van der Waals surface area contributed by atoms with Crippen molar-refractivity contribution in [3.05, 3.63) is 29.8 Å². The van der Waals surface area contributed by atoms with Crippen LogP contribution in [0, 0.1) is 17.6 Å². The predicted octanol–water partition coefficient (Wildman–Crippen LogP) is 1.27. The average Bonchev–Trinajstić information content (AvgIpc) is 3.16. The first-order valence-electron chi connectivity index (χ1n) is 7.80. The second kappa shape index (κ2) is 6.23. The molecule has 2 fully saturated rings. The second-order valence-electron chi connectivity index (χ2n) is 5.99. The maximum Gasteiger partial charge on any atom is 0.239 e. The molecule has 7 heteroatoms. The molecule has 2 N–H and O–H groups in total. The van der Waals surface area contributed by atoms with Crippen molar-refractivity contribution in [2.24, 2.45) is 11.7 Å². The Kier molecular flexibility index (Phi) is 4.30. The molecule has 2 heterocycles. The standard InChI is InChI=1S/C16H19F2N3O2/c17-13-4-3-10(8-14(13)18)21-7-5-12(16(21)23)15(22)20-6-1-2-11(20)9-19/h3-4,8,11-12H,1-2,5-7,9,19H2/t11-,12+/m0/s1. The van der Waals surface area contributed by atoms with Gasteiger partial charge in [-0.3, -0.25) is 9.59 Å². The number of anilines is 1. The highest BCUT2D eigenvalue weighted by atomic mass is 19.2. The van der Waals surface area contributed by atoms with E-state index in [0.717, 1.165) is 25.0 Å². The third-order valence-electron chi connectivity index (χ3n) is 4.65. The zero-order valence-corrected chi connectivity index (χ0v) is 12.7. The Morgan fingerprint density at radius 1 is 1.22 bits per heavy atom. The van der Waals surface area contributed by atoms with Crippen LogP contribution in [0.5, 0.6) is 0 Å². The Hall–Kier alpha value is -2.02. The predicted molar refractivity (Wildman–Crippen MR) is 80.6 cm³/mol. The fraction of sp³-hybridized carbons (Fsp3) is 0.500. The lowest BCUT2D eigenvalue weighted by molar-refractivity contribution is -0.140. The molecule has 0 unspecified atom stereocenters. The summed E-state index contributed by atoms with van der Waals surface area (Å²) in [6, 6.07) is 3.31. The molecule has 0 aromatic heterocycles. The van der Waals surface area contributed by atoms with E-state index in [2.05, 4.69) is 0 Å². The summed E-state index contributed by atoms with van der Waals surface area (Å²) in [6.45, 7) is 1.33. The van der Waals surface area contributed by atoms with Crippen molar-refractivity contribution in [3.8, 4) is 0 Å². The van der Waals surface area contributed by atoms with Gasteiger partial charge in [0.15, 0.2) is 11.6 Å². The third-order valence-corrected chi connectivity index (χ3v) is 4.65. The van der Waals surface area contributed by atoms with E-state index in [-0.39, 0.29) is 23.5 Å². The summed E-state index contributed by atoms with van der Waals surface area (Å²) >= 11 is 0. The van der Waals surface area contributed by atoms with Gasteiger partial charge in [0, 0.05) is 37.4 Å². The molecule has 1 aromatic rings. The van der Waals surface area contributed by atoms with Gasteiger partial charge in [-0.1, -0.05) is 0 Å². The topological polar surface area (TPSA) is 66.6 Å². The van der Waals surface area contributed by atoms with Crippen molar-refractivity contribution >= 4 is 17.5 Å². The molecular weight excluding hydrogens is 304 g/mol. The number of halogens is 2. The van der Waals surface area contributed by atoms with E-state index in [1.807, 2.05) is 0 Å². The Labute approximate surface area is 133 Å². The van der Waals surface area contributed by atoms with E-state index < -0.39 is 17.6 Å². The second-order valence-corrected chi connectivity index (χ2v) is 5.99. The largest absolute Gasteiger partial charge is 0.338 e. The van der Waals surface area contributed by atoms with E-state index in [0.29, 0.717) is 26.1 Å². The molecular formula is C16H19F2N3O2. The lowest BCUT2D eigenvalue weighted by Crippen LogP contribution is -2.45. The zero-order valence-electron chi connectivity index (χ0n) is 12.7. The first-order chi connectivity index (χ1) is 11.0. The SMILES string of the molecule is NC[C@@H]1CCCN1C(=O)[C@H]1CCN(c2ccc(F)c(F)c2)C1=O. The van der Waals surface area contributed by atoms with E-state index >= 15 is 0 Å². The summed E-state index contributed by atoms with van der Waals surface area (Å²) in [5.74, 6) is -3.28. The highest BCUT2D eigenvalue weighted by Gasteiger charge is 2.42. The molecule has 3 rings (SSSR count). The molecule has 0 aliphatic carbocycles. The molecule has 2 aliphatic heterocycles. The van der Waals surface area contributed by atoms with Crippen molar-refractivity contribution in [2.45, 2.75) is 25.3 Å². The van der Waals surface area contributed by atoms with Crippen LogP contribution in [0.2, 0.25) is 0 Å². The van der Waals surface area contributed by atoms with Crippen LogP contribution in [-0.2, 0) is 9.59 Å². The number of carbonyl (C=O) groups is 2. The van der Waals surface area contributed by atoms with Crippen LogP contribution in [-0.4, -0.2) is 42.4 Å². The van der Waals surface area contributed by atoms with Crippen LogP contribution in [0.25, 0.3) is 0 Å². The highest BCUT2D eigenvalue weighted by molar-refractivity contribution is 6.09. The fourth-order valence-corrected chi connectivity index (χ4v) is 3.39. The van der Waals surface area contributed by atoms with Gasteiger partial charge in [0.05, 0.1) is 0 Å². The Morgan fingerprint density at radius 2 is 2.00 bits per heavy atom. The van der Waals surface area contributed by atoms with E-state index in [1.54, 1.807) is 4.90 Å². The first-order valence-corrected chi connectivity index (χ1v) is 7.80. The fourth-order valence-electron chi connectivity index (χ4n) is 3.39. The number of nitrogens with zero attached hydrogens (tertiary/aromatic N) is 2. The number of hydrogen-bond donors (Lipinski definition) is 1. The maximum atomic E-state index is 13.4. The molecule has 0 spiro atoms. The van der Waals surface area contributed by atoms with Gasteiger partial charge < -0.3 is 15.5 Å². The van der Waals surface area contributed by atoms with E-state index in [4.69, 9.17) is 5.73 Å². The molecule has 2 amide bonds. The van der Waals surface area contributed by atoms with Crippen molar-refractivity contribution in [1.29, 1.82) is 0 Å². The molecule has 0 bridgehead atoms. The molecule has 124 valence electrons. The van der Waals surface area contributed by atoms with Crippen molar-refractivity contribution in [3.63, 3.8) is 0 Å². The molecule has 2 aliphatic rings. The molecule has 5 nitrogen and oxygen atoms in total. The summed E-state index contributed by atoms with van der Waals surface area (Å²) in [4.78, 5) is 28.2. The van der Waals surface area contributed by atoms with Crippen molar-refractivity contribution in [1.82, 2.24) is 4.90 Å². The number of hydrogen-bond acceptors (Lipinski definition) is 3. The maximum absolute atomic E-state index is 13.4. The minimum absolute atomic E-state index is 0.00684. The number of likely N-dealkylation sites (tertiary alicyclic amines) is 1. The Balaban J connectivity index is 1.76. The smallest absolute Gasteiger partial charge is 0.239 e. The number of carbonyl (C=O) groups excluding carboxylic acids is 2. The molecule has 2 atom stereocenters. The van der Waals surface area contributed by atoms with Crippen LogP contribution in [0.15, 0.2) is 18.2 Å². The number of nitrogens with two attached hydrogens (primary N) is 1. The number of benzene rings is 1. The van der Waals surface area contributed by atoms with Gasteiger partial charge in [-0.15, -0.1) is 0 Å². The van der Waals surface area contributed by atoms with Gasteiger partial charge in [-0.05, 0) is 31.4 Å². The summed E-state index contributed by atoms with van der Waals surface area (Å²) in [7, 11) is 0. The van der Waals surface area contributed by atoms with Gasteiger partial charge in [0.25, 0.3) is 0 Å². The summed E-state index contributed by atoms with van der Waals surface area (Å²) in [6.07, 6.45) is 2.13. The monoisotopic (exact) mass is 323 g/mol. The van der Waals surface area contributed by atoms with Crippen LogP contribution >= 0.6 is 0 Å². The van der Waals surface area contributed by atoms with Crippen LogP contribution in [0.3, 0.4) is 0 Å². The average molecular weight is 323 g/mol. The molecule has 23 heavy (non-hydrogen) atoms. The summed E-state index contributed by atoms with van der Waals surface area (Å²) in [5.41, 5.74) is 5.96. The molecule has 2 saturated heterocycles. The van der Waals surface area contributed by atoms with Crippen LogP contribution < -0.4 is 10.6 Å². The van der Waals surface area contributed by atoms with Gasteiger partial charge in [-0.25, -0.2) is 8.78 Å². The number of rotatable bonds is 3. The van der Waals surface area contributed by atoms with Crippen LogP contribution in [0.1, 0.15) is 19.3 Å². The molecule has 0 radical (unpaired) electrons. The summed E-state index contributed by atoms with van der Waals surface area (Å²) in [5, 5.41) is 0. The van der Waals surface area contributed by atoms with E-state index in [1.165, 1.54) is 11.0 Å². The van der Waals surface area contributed by atoms with Gasteiger partial charge in [0.2, 0.25) is 11.8 Å². The molecule has 1 aromatic carbocycles. The summed E-state index contributed by atoms with van der Waals surface area (Å²) < 4.78 is 26.4. The van der Waals surface area contributed by atoms with Crippen LogP contribution in [0.4, 0.5) is 14.5 Å². The van der Waals surface area contributed by atoms with Gasteiger partial charge >= 0.3 is 0 Å². The minimum atomic E-state index is -1.01.